The lowest BCUT2D eigenvalue weighted by Crippen LogP contribution is -2.24. The van der Waals surface area contributed by atoms with E-state index in [1.807, 2.05) is 0 Å². The Hall–Kier alpha value is -1.21. The first-order valence-corrected chi connectivity index (χ1v) is 10.5. The highest BCUT2D eigenvalue weighted by molar-refractivity contribution is 8.17. The van der Waals surface area contributed by atoms with Crippen LogP contribution in [0.5, 0.6) is 0 Å². The van der Waals surface area contributed by atoms with E-state index in [1.54, 1.807) is 0 Å². The largest absolute Gasteiger partial charge is 0.337 e. The van der Waals surface area contributed by atoms with E-state index in [0.29, 0.717) is 0 Å². The Morgan fingerprint density at radius 3 is 2.23 bits per heavy atom. The van der Waals surface area contributed by atoms with Crippen LogP contribution in [0.2, 0.25) is 0 Å². The summed E-state index contributed by atoms with van der Waals surface area (Å²) in [6.45, 7) is 4.58. The molecule has 3 heteroatoms. The lowest BCUT2D eigenvalue weighted by Gasteiger charge is -2.34. The first-order chi connectivity index (χ1) is 10.5. The average Bonchev–Trinajstić information content (AvgIpc) is 2.92. The minimum atomic E-state index is -1.94. The van der Waals surface area contributed by atoms with Gasteiger partial charge in [-0.3, -0.25) is 0 Å². The second-order valence-electron chi connectivity index (χ2n) is 6.48. The molecule has 4 rings (SSSR count). The molecular formula is C19H19OPS. The van der Waals surface area contributed by atoms with Crippen LogP contribution in [0.4, 0.5) is 0 Å². The molecule has 2 bridgehead atoms. The van der Waals surface area contributed by atoms with Crippen LogP contribution in [0.15, 0.2) is 66.2 Å². The summed E-state index contributed by atoms with van der Waals surface area (Å²) in [6, 6.07) is 21.1. The summed E-state index contributed by atoms with van der Waals surface area (Å²) in [6.07, 6.45) is -0.844. The zero-order valence-corrected chi connectivity index (χ0v) is 14.5. The molecule has 2 aliphatic heterocycles. The van der Waals surface area contributed by atoms with Gasteiger partial charge in [0.15, 0.2) is 0 Å². The van der Waals surface area contributed by atoms with Gasteiger partial charge in [-0.1, -0.05) is 85.0 Å². The van der Waals surface area contributed by atoms with Gasteiger partial charge < -0.3 is 4.52 Å². The van der Waals surface area contributed by atoms with Gasteiger partial charge in [-0.25, -0.2) is 0 Å². The number of fused-ring (bicyclic) bond motifs is 2. The van der Waals surface area contributed by atoms with Gasteiger partial charge in [0.25, 0.3) is 0 Å². The highest BCUT2D eigenvalue weighted by Gasteiger charge is 2.58. The molecule has 0 aliphatic carbocycles. The van der Waals surface area contributed by atoms with Gasteiger partial charge >= 0.3 is 0 Å². The first kappa shape index (κ1) is 14.4. The van der Waals surface area contributed by atoms with Crippen molar-refractivity contribution in [1.29, 1.82) is 0 Å². The zero-order valence-electron chi connectivity index (χ0n) is 12.8. The van der Waals surface area contributed by atoms with Crippen molar-refractivity contribution in [2.24, 2.45) is 5.41 Å². The number of hydrogen-bond acceptors (Lipinski definition) is 2. The molecule has 3 unspecified atom stereocenters. The molecule has 0 amide bonds. The van der Waals surface area contributed by atoms with Gasteiger partial charge in [-0.05, 0) is 18.1 Å². The number of benzene rings is 2. The fourth-order valence-electron chi connectivity index (χ4n) is 3.88. The predicted molar refractivity (Wildman–Crippen MR) is 96.6 cm³/mol. The summed E-state index contributed by atoms with van der Waals surface area (Å²) in [5.74, 6) is 0. The highest BCUT2D eigenvalue weighted by Crippen LogP contribution is 2.80. The second kappa shape index (κ2) is 4.89. The van der Waals surface area contributed by atoms with E-state index in [0.717, 1.165) is 6.16 Å². The predicted octanol–water partition coefficient (Wildman–Crippen LogP) is 5.60. The normalized spacial score (nSPS) is 33.5. The van der Waals surface area contributed by atoms with Crippen molar-refractivity contribution >= 4 is 23.4 Å². The molecular weight excluding hydrogens is 307 g/mol. The van der Waals surface area contributed by atoms with Crippen molar-refractivity contribution in [2.45, 2.75) is 20.0 Å². The average molecular weight is 326 g/mol. The molecule has 1 nitrogen and oxygen atoms in total. The van der Waals surface area contributed by atoms with E-state index < -0.39 is 6.26 Å². The van der Waals surface area contributed by atoms with Gasteiger partial charge in [0.1, 0.15) is 0 Å². The van der Waals surface area contributed by atoms with Crippen molar-refractivity contribution in [3.63, 3.8) is 0 Å². The molecule has 2 aliphatic rings. The second-order valence-corrected chi connectivity index (χ2v) is 10.6. The third kappa shape index (κ3) is 1.91. The summed E-state index contributed by atoms with van der Waals surface area (Å²) in [4.78, 5) is 0. The topological polar surface area (TPSA) is 9.23 Å². The van der Waals surface area contributed by atoms with Crippen molar-refractivity contribution in [3.8, 4) is 0 Å². The van der Waals surface area contributed by atoms with Gasteiger partial charge in [0.05, 0.1) is 12.4 Å². The van der Waals surface area contributed by atoms with Gasteiger partial charge in [0.2, 0.25) is 0 Å². The summed E-state index contributed by atoms with van der Waals surface area (Å²) < 4.78 is 6.54. The minimum Gasteiger partial charge on any atom is -0.337 e. The van der Waals surface area contributed by atoms with E-state index in [-0.39, 0.29) is 11.5 Å². The molecule has 0 radical (unpaired) electrons. The fraction of sp³-hybridized carbons (Fsp3) is 0.263. The molecule has 112 valence electrons. The first-order valence-electron chi connectivity index (χ1n) is 7.64. The van der Waals surface area contributed by atoms with E-state index >= 15 is 0 Å². The number of hydrogen-bond donors (Lipinski definition) is 0. The lowest BCUT2D eigenvalue weighted by atomic mass is 9.76. The molecule has 0 saturated carbocycles. The molecule has 0 spiro atoms. The van der Waals surface area contributed by atoms with Crippen LogP contribution >= 0.6 is 6.26 Å². The highest BCUT2D eigenvalue weighted by atomic mass is 32.4. The summed E-state index contributed by atoms with van der Waals surface area (Å²) in [7, 11) is 0. The molecule has 2 aromatic rings. The third-order valence-electron chi connectivity index (χ3n) is 5.09. The van der Waals surface area contributed by atoms with Crippen molar-refractivity contribution in [2.75, 3.05) is 6.16 Å². The van der Waals surface area contributed by atoms with Crippen LogP contribution in [-0.4, -0.2) is 6.16 Å². The lowest BCUT2D eigenvalue weighted by molar-refractivity contribution is 0.150. The molecule has 22 heavy (non-hydrogen) atoms. The molecule has 3 atom stereocenters. The standard InChI is InChI=1S/C19H19OPS/c1-14-17(15-9-5-3-6-10-15)21(22)13-19(14,2)18(20-21)16-11-7-4-8-12-16/h3-12,18H,13H2,1-2H3. The van der Waals surface area contributed by atoms with Crippen molar-refractivity contribution < 1.29 is 4.52 Å². The van der Waals surface area contributed by atoms with Crippen LogP contribution in [0, 0.1) is 5.41 Å². The van der Waals surface area contributed by atoms with Gasteiger partial charge in [-0.15, -0.1) is 0 Å². The monoisotopic (exact) mass is 326 g/mol. The Kier molecular flexibility index (Phi) is 3.20. The zero-order chi connectivity index (χ0) is 15.4. The maximum absolute atomic E-state index is 6.54. The van der Waals surface area contributed by atoms with Crippen LogP contribution in [0.25, 0.3) is 5.31 Å². The van der Waals surface area contributed by atoms with E-state index in [1.165, 1.54) is 22.0 Å². The van der Waals surface area contributed by atoms with Crippen molar-refractivity contribution in [1.82, 2.24) is 0 Å². The summed E-state index contributed by atoms with van der Waals surface area (Å²) in [5.41, 5.74) is 3.96. The Balaban J connectivity index is 1.86. The van der Waals surface area contributed by atoms with Crippen LogP contribution < -0.4 is 0 Å². The Morgan fingerprint density at radius 2 is 1.64 bits per heavy atom. The summed E-state index contributed by atoms with van der Waals surface area (Å²) in [5, 5.41) is 1.32. The van der Waals surface area contributed by atoms with E-state index in [4.69, 9.17) is 16.3 Å². The Labute approximate surface area is 137 Å². The molecule has 0 aromatic heterocycles. The molecule has 1 saturated heterocycles. The Morgan fingerprint density at radius 1 is 1.05 bits per heavy atom. The smallest absolute Gasteiger partial charge is 0.0976 e. The molecule has 0 N–H and O–H groups in total. The van der Waals surface area contributed by atoms with Crippen LogP contribution in [0.3, 0.4) is 0 Å². The molecule has 1 fully saturated rings. The Bertz CT molecular complexity index is 797. The van der Waals surface area contributed by atoms with Crippen LogP contribution in [0.1, 0.15) is 31.1 Å². The third-order valence-corrected chi connectivity index (χ3v) is 9.19. The maximum Gasteiger partial charge on any atom is 0.0976 e. The summed E-state index contributed by atoms with van der Waals surface area (Å²) >= 11 is 6.07. The van der Waals surface area contributed by atoms with E-state index in [9.17, 15) is 0 Å². The van der Waals surface area contributed by atoms with Gasteiger partial charge in [0, 0.05) is 16.9 Å². The fourth-order valence-corrected chi connectivity index (χ4v) is 9.28. The van der Waals surface area contributed by atoms with Crippen molar-refractivity contribution in [3.05, 3.63) is 77.4 Å². The molecule has 2 aromatic carbocycles. The number of rotatable bonds is 2. The minimum absolute atomic E-state index is 0.0298. The SMILES string of the molecule is CC1=C(c2ccccc2)P2(=S)CC1(C)C(c1ccccc1)O2. The maximum atomic E-state index is 6.54. The quantitative estimate of drug-likeness (QED) is 0.664. The van der Waals surface area contributed by atoms with E-state index in [2.05, 4.69) is 74.5 Å². The molecule has 2 heterocycles. The van der Waals surface area contributed by atoms with Gasteiger partial charge in [-0.2, -0.15) is 0 Å². The van der Waals surface area contributed by atoms with Crippen LogP contribution in [-0.2, 0) is 16.3 Å².